The number of benzene rings is 2. The van der Waals surface area contributed by atoms with Gasteiger partial charge in [0.05, 0.1) is 0 Å². The van der Waals surface area contributed by atoms with Gasteiger partial charge in [0.25, 0.3) is 0 Å². The van der Waals surface area contributed by atoms with Crippen LogP contribution >= 0.6 is 23.5 Å². The van der Waals surface area contributed by atoms with Gasteiger partial charge in [0.15, 0.2) is 0 Å². The van der Waals surface area contributed by atoms with Gasteiger partial charge >= 0.3 is 0 Å². The third-order valence-electron chi connectivity index (χ3n) is 2.49. The van der Waals surface area contributed by atoms with Gasteiger partial charge in [-0.3, -0.25) is 0 Å². The van der Waals surface area contributed by atoms with Crippen molar-refractivity contribution in [3.8, 4) is 11.1 Å². The highest BCUT2D eigenvalue weighted by atomic mass is 32.2. The Hall–Kier alpha value is -0.860. The molecule has 2 heteroatoms. The van der Waals surface area contributed by atoms with E-state index in [1.807, 2.05) is 0 Å². The molecule has 0 amide bonds. The van der Waals surface area contributed by atoms with E-state index in [1.165, 1.54) is 20.9 Å². The van der Waals surface area contributed by atoms with Crippen molar-refractivity contribution in [2.75, 3.05) is 12.5 Å². The van der Waals surface area contributed by atoms with Gasteiger partial charge in [-0.1, -0.05) is 30.3 Å². The summed E-state index contributed by atoms with van der Waals surface area (Å²) in [7, 11) is 0. The SMILES string of the molecule is CSc1ccc(SC)c(-c2ccccc2)c1. The minimum Gasteiger partial charge on any atom is -0.130 e. The third kappa shape index (κ3) is 2.45. The molecule has 0 spiro atoms. The van der Waals surface area contributed by atoms with Crippen molar-refractivity contribution in [1.29, 1.82) is 0 Å². The molecule has 16 heavy (non-hydrogen) atoms. The van der Waals surface area contributed by atoms with Crippen molar-refractivity contribution in [1.82, 2.24) is 0 Å². The van der Waals surface area contributed by atoms with E-state index in [2.05, 4.69) is 61.0 Å². The van der Waals surface area contributed by atoms with Crippen molar-refractivity contribution in [3.63, 3.8) is 0 Å². The smallest absolute Gasteiger partial charge is 0.0148 e. The summed E-state index contributed by atoms with van der Waals surface area (Å²) in [5, 5.41) is 0. The Bertz CT molecular complexity index is 463. The molecule has 0 aliphatic carbocycles. The maximum atomic E-state index is 2.27. The molecule has 0 fully saturated rings. The highest BCUT2D eigenvalue weighted by Crippen LogP contribution is 2.33. The maximum Gasteiger partial charge on any atom is 0.0148 e. The predicted molar refractivity (Wildman–Crippen MR) is 75.4 cm³/mol. The zero-order valence-corrected chi connectivity index (χ0v) is 11.1. The first-order valence-corrected chi connectivity index (χ1v) is 7.57. The third-order valence-corrected chi connectivity index (χ3v) is 4.01. The highest BCUT2D eigenvalue weighted by Gasteiger charge is 2.04. The van der Waals surface area contributed by atoms with Crippen LogP contribution < -0.4 is 0 Å². The Kier molecular flexibility index (Phi) is 3.97. The van der Waals surface area contributed by atoms with E-state index in [4.69, 9.17) is 0 Å². The molecule has 82 valence electrons. The van der Waals surface area contributed by atoms with Crippen LogP contribution in [0.5, 0.6) is 0 Å². The molecule has 0 radical (unpaired) electrons. The van der Waals surface area contributed by atoms with Crippen LogP contribution in [0, 0.1) is 0 Å². The number of thioether (sulfide) groups is 2. The van der Waals surface area contributed by atoms with Crippen molar-refractivity contribution >= 4 is 23.5 Å². The van der Waals surface area contributed by atoms with Crippen LogP contribution in [0.3, 0.4) is 0 Å². The highest BCUT2D eigenvalue weighted by molar-refractivity contribution is 7.99. The molecule has 2 aromatic rings. The van der Waals surface area contributed by atoms with Crippen molar-refractivity contribution in [2.45, 2.75) is 9.79 Å². The van der Waals surface area contributed by atoms with Gasteiger partial charge in [-0.2, -0.15) is 0 Å². The largest absolute Gasteiger partial charge is 0.130 e. The Balaban J connectivity index is 2.53. The molecule has 0 saturated carbocycles. The lowest BCUT2D eigenvalue weighted by molar-refractivity contribution is 1.35. The molecule has 0 bridgehead atoms. The Morgan fingerprint density at radius 2 is 1.56 bits per heavy atom. The van der Waals surface area contributed by atoms with Gasteiger partial charge in [0.2, 0.25) is 0 Å². The van der Waals surface area contributed by atoms with Gasteiger partial charge in [0, 0.05) is 9.79 Å². The zero-order chi connectivity index (χ0) is 11.4. The zero-order valence-electron chi connectivity index (χ0n) is 9.44. The molecule has 0 unspecified atom stereocenters. The minimum absolute atomic E-state index is 1.29. The first-order valence-electron chi connectivity index (χ1n) is 5.12. The average Bonchev–Trinajstić information content (AvgIpc) is 2.39. The fraction of sp³-hybridized carbons (Fsp3) is 0.143. The van der Waals surface area contributed by atoms with Crippen LogP contribution in [0.4, 0.5) is 0 Å². The first-order chi connectivity index (χ1) is 7.85. The Labute approximate surface area is 105 Å². The van der Waals surface area contributed by atoms with Gasteiger partial charge < -0.3 is 0 Å². The molecule has 0 aromatic heterocycles. The number of hydrogen-bond donors (Lipinski definition) is 0. The van der Waals surface area contributed by atoms with Crippen molar-refractivity contribution in [3.05, 3.63) is 48.5 Å². The molecule has 0 atom stereocenters. The van der Waals surface area contributed by atoms with Crippen LogP contribution in [0.25, 0.3) is 11.1 Å². The Morgan fingerprint density at radius 1 is 0.812 bits per heavy atom. The van der Waals surface area contributed by atoms with E-state index < -0.39 is 0 Å². The van der Waals surface area contributed by atoms with Crippen molar-refractivity contribution in [2.24, 2.45) is 0 Å². The maximum absolute atomic E-state index is 2.27. The van der Waals surface area contributed by atoms with E-state index in [0.29, 0.717) is 0 Å². The van der Waals surface area contributed by atoms with Gasteiger partial charge in [-0.15, -0.1) is 23.5 Å². The molecule has 2 aromatic carbocycles. The van der Waals surface area contributed by atoms with E-state index in [-0.39, 0.29) is 0 Å². The van der Waals surface area contributed by atoms with Crippen LogP contribution in [-0.4, -0.2) is 12.5 Å². The number of rotatable bonds is 3. The average molecular weight is 246 g/mol. The lowest BCUT2D eigenvalue weighted by atomic mass is 10.1. The second-order valence-electron chi connectivity index (χ2n) is 3.43. The fourth-order valence-corrected chi connectivity index (χ4v) is 2.70. The van der Waals surface area contributed by atoms with Crippen molar-refractivity contribution < 1.29 is 0 Å². The summed E-state index contributed by atoms with van der Waals surface area (Å²) < 4.78 is 0. The standard InChI is InChI=1S/C14H14S2/c1-15-12-8-9-14(16-2)13(10-12)11-6-4-3-5-7-11/h3-10H,1-2H3. The quantitative estimate of drug-likeness (QED) is 0.714. The molecule has 0 saturated heterocycles. The normalized spacial score (nSPS) is 10.4. The summed E-state index contributed by atoms with van der Waals surface area (Å²) in [4.78, 5) is 2.65. The van der Waals surface area contributed by atoms with Crippen LogP contribution in [0.15, 0.2) is 58.3 Å². The molecular formula is C14H14S2. The lowest BCUT2D eigenvalue weighted by Crippen LogP contribution is -1.82. The van der Waals surface area contributed by atoms with Gasteiger partial charge in [-0.05, 0) is 41.8 Å². The summed E-state index contributed by atoms with van der Waals surface area (Å²) >= 11 is 3.59. The second-order valence-corrected chi connectivity index (χ2v) is 5.16. The molecule has 0 aliphatic heterocycles. The fourth-order valence-electron chi connectivity index (χ4n) is 1.66. The molecule has 0 heterocycles. The molecular weight excluding hydrogens is 232 g/mol. The topological polar surface area (TPSA) is 0 Å². The predicted octanol–water partition coefficient (Wildman–Crippen LogP) is 4.80. The summed E-state index contributed by atoms with van der Waals surface area (Å²) in [6, 6.07) is 17.2. The minimum atomic E-state index is 1.29. The number of hydrogen-bond acceptors (Lipinski definition) is 2. The summed E-state index contributed by atoms with van der Waals surface area (Å²) in [5.41, 5.74) is 2.63. The summed E-state index contributed by atoms with van der Waals surface area (Å²) in [6.07, 6.45) is 4.24. The van der Waals surface area contributed by atoms with E-state index >= 15 is 0 Å². The monoisotopic (exact) mass is 246 g/mol. The second kappa shape index (κ2) is 5.46. The van der Waals surface area contributed by atoms with Gasteiger partial charge in [0.1, 0.15) is 0 Å². The summed E-state index contributed by atoms with van der Waals surface area (Å²) in [5.74, 6) is 0. The summed E-state index contributed by atoms with van der Waals surface area (Å²) in [6.45, 7) is 0. The molecule has 0 N–H and O–H groups in total. The van der Waals surface area contributed by atoms with Crippen LogP contribution in [0.1, 0.15) is 0 Å². The first kappa shape index (κ1) is 11.6. The molecule has 0 aliphatic rings. The van der Waals surface area contributed by atoms with Gasteiger partial charge in [-0.25, -0.2) is 0 Å². The van der Waals surface area contributed by atoms with E-state index in [1.54, 1.807) is 23.5 Å². The lowest BCUT2D eigenvalue weighted by Gasteiger charge is -2.09. The molecule has 0 nitrogen and oxygen atoms in total. The van der Waals surface area contributed by atoms with E-state index in [9.17, 15) is 0 Å². The van der Waals surface area contributed by atoms with Crippen LogP contribution in [0.2, 0.25) is 0 Å². The van der Waals surface area contributed by atoms with E-state index in [0.717, 1.165) is 0 Å². The van der Waals surface area contributed by atoms with Crippen LogP contribution in [-0.2, 0) is 0 Å². The Morgan fingerprint density at radius 3 is 2.19 bits per heavy atom. The molecule has 2 rings (SSSR count).